The number of H-pyrrole nitrogens is 1. The van der Waals surface area contributed by atoms with Crippen LogP contribution >= 0.6 is 24.8 Å². The molecule has 5 rings (SSSR count). The first-order valence-corrected chi connectivity index (χ1v) is 10.5. The van der Waals surface area contributed by atoms with Gasteiger partial charge in [-0.2, -0.15) is 5.10 Å². The lowest BCUT2D eigenvalue weighted by Gasteiger charge is -2.39. The first kappa shape index (κ1) is 23.5. The molecule has 3 N–H and O–H groups in total. The molecule has 0 amide bonds. The van der Waals surface area contributed by atoms with Crippen molar-refractivity contribution in [3.8, 4) is 0 Å². The number of fused-ring (bicyclic) bond motifs is 2. The Kier molecular flexibility index (Phi) is 6.93. The Labute approximate surface area is 194 Å². The number of halogens is 2. The van der Waals surface area contributed by atoms with Gasteiger partial charge in [-0.05, 0) is 43.4 Å². The van der Waals surface area contributed by atoms with Crippen LogP contribution in [0.25, 0.3) is 11.2 Å². The van der Waals surface area contributed by atoms with Crippen molar-refractivity contribution in [3.63, 3.8) is 0 Å². The molecular formula is C21H30Cl2N8. The highest BCUT2D eigenvalue weighted by Gasteiger charge is 2.30. The van der Waals surface area contributed by atoms with E-state index in [1.54, 1.807) is 0 Å². The first-order chi connectivity index (χ1) is 14.1. The molecule has 1 saturated heterocycles. The van der Waals surface area contributed by atoms with Crippen molar-refractivity contribution in [1.29, 1.82) is 0 Å². The summed E-state index contributed by atoms with van der Waals surface area (Å²) in [6.07, 6.45) is 6.93. The maximum Gasteiger partial charge on any atom is 0.183 e. The van der Waals surface area contributed by atoms with Gasteiger partial charge in [0.2, 0.25) is 0 Å². The van der Waals surface area contributed by atoms with E-state index in [1.165, 1.54) is 0 Å². The molecule has 3 aromatic heterocycles. The SMILES string of the molecule is C[C@H]1CCN(c2n[nH]c3nc(N4CCC(C)(CN)CC4)cnc23)c2cccnc21.Cl.Cl. The van der Waals surface area contributed by atoms with Gasteiger partial charge in [0.25, 0.3) is 0 Å². The number of aromatic amines is 1. The molecule has 1 atom stereocenters. The Morgan fingerprint density at radius 1 is 1.19 bits per heavy atom. The summed E-state index contributed by atoms with van der Waals surface area (Å²) in [5.74, 6) is 2.18. The molecule has 0 bridgehead atoms. The average Bonchev–Trinajstić information content (AvgIpc) is 3.18. The Morgan fingerprint density at radius 2 is 1.97 bits per heavy atom. The maximum atomic E-state index is 5.94. The summed E-state index contributed by atoms with van der Waals surface area (Å²) in [4.78, 5) is 18.7. The number of anilines is 3. The zero-order valence-electron chi connectivity index (χ0n) is 17.9. The maximum absolute atomic E-state index is 5.94. The third-order valence-electron chi connectivity index (χ3n) is 6.64. The fourth-order valence-corrected chi connectivity index (χ4v) is 4.42. The Hall–Kier alpha value is -2.16. The van der Waals surface area contributed by atoms with Crippen molar-refractivity contribution in [2.75, 3.05) is 36.0 Å². The number of rotatable bonds is 3. The molecule has 168 valence electrons. The van der Waals surface area contributed by atoms with Crippen LogP contribution in [0.5, 0.6) is 0 Å². The molecule has 0 saturated carbocycles. The molecule has 0 aliphatic carbocycles. The normalized spacial score (nSPS) is 20.0. The summed E-state index contributed by atoms with van der Waals surface area (Å²) in [6, 6.07) is 4.09. The van der Waals surface area contributed by atoms with Crippen molar-refractivity contribution in [2.45, 2.75) is 39.0 Å². The van der Waals surface area contributed by atoms with E-state index in [2.05, 4.69) is 44.9 Å². The molecule has 10 heteroatoms. The minimum atomic E-state index is 0. The van der Waals surface area contributed by atoms with Crippen LogP contribution in [-0.2, 0) is 0 Å². The van der Waals surface area contributed by atoms with Crippen LogP contribution in [0.4, 0.5) is 17.3 Å². The molecule has 1 fully saturated rings. The summed E-state index contributed by atoms with van der Waals surface area (Å²) in [7, 11) is 0. The minimum absolute atomic E-state index is 0. The first-order valence-electron chi connectivity index (χ1n) is 10.5. The van der Waals surface area contributed by atoms with Crippen molar-refractivity contribution in [3.05, 3.63) is 30.2 Å². The lowest BCUT2D eigenvalue weighted by atomic mass is 9.80. The van der Waals surface area contributed by atoms with Gasteiger partial charge in [-0.15, -0.1) is 24.8 Å². The Morgan fingerprint density at radius 3 is 2.71 bits per heavy atom. The predicted molar refractivity (Wildman–Crippen MR) is 129 cm³/mol. The average molecular weight is 465 g/mol. The van der Waals surface area contributed by atoms with Crippen molar-refractivity contribution >= 4 is 53.3 Å². The second kappa shape index (κ2) is 9.14. The van der Waals surface area contributed by atoms with Gasteiger partial charge in [0, 0.05) is 31.7 Å². The van der Waals surface area contributed by atoms with Crippen LogP contribution in [0.3, 0.4) is 0 Å². The monoisotopic (exact) mass is 464 g/mol. The van der Waals surface area contributed by atoms with E-state index in [-0.39, 0.29) is 30.2 Å². The molecule has 0 spiro atoms. The van der Waals surface area contributed by atoms with Crippen LogP contribution in [0.1, 0.15) is 44.7 Å². The summed E-state index contributed by atoms with van der Waals surface area (Å²) >= 11 is 0. The number of nitrogens with zero attached hydrogens (tertiary/aromatic N) is 6. The van der Waals surface area contributed by atoms with E-state index >= 15 is 0 Å². The van der Waals surface area contributed by atoms with Crippen molar-refractivity contribution in [1.82, 2.24) is 25.1 Å². The Bertz CT molecular complexity index is 1030. The van der Waals surface area contributed by atoms with Crippen molar-refractivity contribution in [2.24, 2.45) is 11.1 Å². The van der Waals surface area contributed by atoms with E-state index in [0.29, 0.717) is 5.92 Å². The number of nitrogens with two attached hydrogens (primary N) is 1. The molecule has 0 unspecified atom stereocenters. The topological polar surface area (TPSA) is 99.9 Å². The standard InChI is InChI=1S/C21H28N8.2ClH/c1-14-5-9-29(15-4-3-8-23-17(14)15)20-18-19(26-27-20)25-16(12-24-18)28-10-6-21(2,13-22)7-11-28;;/h3-4,8,12,14H,5-7,9-11,13,22H2,1-2H3,(H,25,26,27);2*1H/t14-;;/m0../s1. The van der Waals surface area contributed by atoms with Gasteiger partial charge >= 0.3 is 0 Å². The second-order valence-corrected chi connectivity index (χ2v) is 8.72. The van der Waals surface area contributed by atoms with Gasteiger partial charge in [0.1, 0.15) is 5.82 Å². The van der Waals surface area contributed by atoms with Gasteiger partial charge in [-0.1, -0.05) is 13.8 Å². The fraction of sp³-hybridized carbons (Fsp3) is 0.524. The Balaban J connectivity index is 0.00000136. The number of pyridine rings is 1. The minimum Gasteiger partial charge on any atom is -0.355 e. The number of hydrogen-bond donors (Lipinski definition) is 2. The molecule has 3 aromatic rings. The zero-order valence-corrected chi connectivity index (χ0v) is 19.5. The third kappa shape index (κ3) is 4.16. The van der Waals surface area contributed by atoms with Gasteiger partial charge in [-0.3, -0.25) is 10.1 Å². The molecule has 2 aliphatic rings. The van der Waals surface area contributed by atoms with Crippen LogP contribution in [0.2, 0.25) is 0 Å². The zero-order chi connectivity index (χ0) is 20.0. The van der Waals surface area contributed by atoms with Crippen molar-refractivity contribution < 1.29 is 0 Å². The summed E-state index contributed by atoms with van der Waals surface area (Å²) in [5, 5.41) is 7.68. The third-order valence-corrected chi connectivity index (χ3v) is 6.64. The van der Waals surface area contributed by atoms with Gasteiger partial charge in [0.05, 0.1) is 17.6 Å². The fourth-order valence-electron chi connectivity index (χ4n) is 4.42. The largest absolute Gasteiger partial charge is 0.355 e. The van der Waals surface area contributed by atoms with E-state index < -0.39 is 0 Å². The number of hydrogen-bond acceptors (Lipinski definition) is 7. The van der Waals surface area contributed by atoms with Crippen LogP contribution in [0, 0.1) is 5.41 Å². The van der Waals surface area contributed by atoms with Gasteiger partial charge in [-0.25, -0.2) is 9.97 Å². The summed E-state index contributed by atoms with van der Waals surface area (Å²) in [6.45, 7) is 8.04. The smallest absolute Gasteiger partial charge is 0.183 e. The van der Waals surface area contributed by atoms with E-state index in [4.69, 9.17) is 15.7 Å². The highest BCUT2D eigenvalue weighted by Crippen LogP contribution is 2.39. The molecule has 0 radical (unpaired) electrons. The van der Waals surface area contributed by atoms with Crippen LogP contribution in [0.15, 0.2) is 24.5 Å². The van der Waals surface area contributed by atoms with E-state index in [1.807, 2.05) is 18.5 Å². The molecule has 8 nitrogen and oxygen atoms in total. The highest BCUT2D eigenvalue weighted by atomic mass is 35.5. The highest BCUT2D eigenvalue weighted by molar-refractivity contribution is 5.87. The molecule has 0 aromatic carbocycles. The molecule has 31 heavy (non-hydrogen) atoms. The lowest BCUT2D eigenvalue weighted by molar-refractivity contribution is 0.258. The lowest BCUT2D eigenvalue weighted by Crippen LogP contribution is -2.42. The van der Waals surface area contributed by atoms with Crippen LogP contribution < -0.4 is 15.5 Å². The predicted octanol–water partition coefficient (Wildman–Crippen LogP) is 3.80. The van der Waals surface area contributed by atoms with E-state index in [9.17, 15) is 0 Å². The van der Waals surface area contributed by atoms with Crippen LogP contribution in [-0.4, -0.2) is 51.3 Å². The second-order valence-electron chi connectivity index (χ2n) is 8.72. The number of nitrogens with one attached hydrogen (secondary N) is 1. The number of piperidine rings is 1. The summed E-state index contributed by atoms with van der Waals surface area (Å²) < 4.78 is 0. The summed E-state index contributed by atoms with van der Waals surface area (Å²) in [5.41, 5.74) is 9.95. The molecule has 2 aliphatic heterocycles. The quantitative estimate of drug-likeness (QED) is 0.607. The number of aromatic nitrogens is 5. The van der Waals surface area contributed by atoms with Gasteiger partial charge in [0.15, 0.2) is 17.0 Å². The van der Waals surface area contributed by atoms with Gasteiger partial charge < -0.3 is 15.5 Å². The van der Waals surface area contributed by atoms with E-state index in [0.717, 1.165) is 79.6 Å². The molecular weight excluding hydrogens is 435 g/mol. The molecule has 5 heterocycles.